The van der Waals surface area contributed by atoms with Gasteiger partial charge in [-0.1, -0.05) is 60.2 Å². The second-order valence-electron chi connectivity index (χ2n) is 6.77. The van der Waals surface area contributed by atoms with Crippen molar-refractivity contribution in [3.8, 4) is 5.75 Å². The van der Waals surface area contributed by atoms with Crippen LogP contribution in [0.5, 0.6) is 5.75 Å². The lowest BCUT2D eigenvalue weighted by Gasteiger charge is -2.16. The largest absolute Gasteiger partial charge is 0.491 e. The van der Waals surface area contributed by atoms with E-state index in [0.29, 0.717) is 12.2 Å². The highest BCUT2D eigenvalue weighted by molar-refractivity contribution is 7.98. The summed E-state index contributed by atoms with van der Waals surface area (Å²) in [5.41, 5.74) is 3.13. The number of aryl methyl sites for hydroxylation is 1. The van der Waals surface area contributed by atoms with Crippen LogP contribution in [0.2, 0.25) is 0 Å². The molecule has 3 aromatic carbocycles. The number of ether oxygens (including phenoxy) is 1. The van der Waals surface area contributed by atoms with Gasteiger partial charge in [-0.05, 0) is 43.7 Å². The average Bonchev–Trinajstić information content (AvgIpc) is 2.73. The molecule has 3 rings (SSSR count). The molecule has 1 N–H and O–H groups in total. The predicted octanol–water partition coefficient (Wildman–Crippen LogP) is 5.48. The maximum absolute atomic E-state index is 12.8. The zero-order valence-corrected chi connectivity index (χ0v) is 17.0. The molecule has 0 aliphatic rings. The third-order valence-electron chi connectivity index (χ3n) is 4.27. The van der Waals surface area contributed by atoms with Gasteiger partial charge in [-0.3, -0.25) is 4.79 Å². The molecule has 0 aromatic heterocycles. The Balaban J connectivity index is 1.56. The van der Waals surface area contributed by atoms with E-state index in [0.717, 1.165) is 16.4 Å². The van der Waals surface area contributed by atoms with E-state index in [1.165, 1.54) is 11.1 Å². The van der Waals surface area contributed by atoms with Gasteiger partial charge in [-0.2, -0.15) is 0 Å². The third kappa shape index (κ3) is 5.89. The summed E-state index contributed by atoms with van der Waals surface area (Å²) in [5, 5.41) is 3.04. The molecule has 4 heteroatoms. The van der Waals surface area contributed by atoms with Crippen LogP contribution in [0.4, 0.5) is 0 Å². The molecule has 3 nitrogen and oxygen atoms in total. The van der Waals surface area contributed by atoms with Crippen LogP contribution < -0.4 is 10.1 Å². The Kier molecular flexibility index (Phi) is 7.15. The van der Waals surface area contributed by atoms with Crippen molar-refractivity contribution in [1.29, 1.82) is 0 Å². The summed E-state index contributed by atoms with van der Waals surface area (Å²) in [5.74, 6) is 1.57. The van der Waals surface area contributed by atoms with Gasteiger partial charge in [0, 0.05) is 10.6 Å². The van der Waals surface area contributed by atoms with Gasteiger partial charge in [0.2, 0.25) is 0 Å². The summed E-state index contributed by atoms with van der Waals surface area (Å²) >= 11 is 1.68. The number of hydrogen-bond donors (Lipinski definition) is 1. The number of carbonyl (C=O) groups excluding carboxylic acids is 1. The minimum atomic E-state index is -0.0963. The molecule has 3 aromatic rings. The van der Waals surface area contributed by atoms with Crippen molar-refractivity contribution in [3.63, 3.8) is 0 Å². The van der Waals surface area contributed by atoms with Crippen LogP contribution in [0.3, 0.4) is 0 Å². The smallest absolute Gasteiger partial charge is 0.252 e. The maximum Gasteiger partial charge on any atom is 0.252 e. The minimum Gasteiger partial charge on any atom is -0.491 e. The average molecular weight is 392 g/mol. The van der Waals surface area contributed by atoms with Crippen molar-refractivity contribution in [1.82, 2.24) is 5.32 Å². The Morgan fingerprint density at radius 2 is 1.64 bits per heavy atom. The first-order valence-electron chi connectivity index (χ1n) is 9.38. The molecule has 0 radical (unpaired) electrons. The van der Waals surface area contributed by atoms with E-state index < -0.39 is 0 Å². The third-order valence-corrected chi connectivity index (χ3v) is 5.41. The quantitative estimate of drug-likeness (QED) is 0.516. The molecule has 0 heterocycles. The number of rotatable bonds is 8. The highest BCUT2D eigenvalue weighted by atomic mass is 32.2. The Morgan fingerprint density at radius 3 is 2.39 bits per heavy atom. The van der Waals surface area contributed by atoms with E-state index in [2.05, 4.69) is 17.4 Å². The molecule has 1 atom stereocenters. The number of carbonyl (C=O) groups is 1. The number of benzene rings is 3. The lowest BCUT2D eigenvalue weighted by Crippen LogP contribution is -2.37. The van der Waals surface area contributed by atoms with E-state index in [1.54, 1.807) is 11.8 Å². The minimum absolute atomic E-state index is 0.0730. The first kappa shape index (κ1) is 20.0. The van der Waals surface area contributed by atoms with E-state index in [-0.39, 0.29) is 11.9 Å². The molecule has 0 saturated heterocycles. The van der Waals surface area contributed by atoms with Crippen molar-refractivity contribution in [2.45, 2.75) is 30.5 Å². The highest BCUT2D eigenvalue weighted by Gasteiger charge is 2.14. The lowest BCUT2D eigenvalue weighted by atomic mass is 10.2. The van der Waals surface area contributed by atoms with Gasteiger partial charge in [0.05, 0.1) is 11.6 Å². The van der Waals surface area contributed by atoms with Gasteiger partial charge in [0.1, 0.15) is 12.4 Å². The highest BCUT2D eigenvalue weighted by Crippen LogP contribution is 2.26. The van der Waals surface area contributed by atoms with Gasteiger partial charge >= 0.3 is 0 Å². The first-order valence-corrected chi connectivity index (χ1v) is 10.4. The SMILES string of the molecule is Cc1ccc(OC[C@@H](C)NC(=O)c2ccccc2SCc2ccccc2)cc1. The Labute approximate surface area is 171 Å². The normalized spacial score (nSPS) is 11.6. The van der Waals surface area contributed by atoms with Crippen LogP contribution in [0.15, 0.2) is 83.8 Å². The fraction of sp³-hybridized carbons (Fsp3) is 0.208. The van der Waals surface area contributed by atoms with E-state index in [1.807, 2.05) is 80.6 Å². The molecule has 0 fully saturated rings. The van der Waals surface area contributed by atoms with E-state index in [4.69, 9.17) is 4.74 Å². The van der Waals surface area contributed by atoms with Crippen LogP contribution in [0, 0.1) is 6.92 Å². The van der Waals surface area contributed by atoms with E-state index in [9.17, 15) is 4.79 Å². The molecule has 0 spiro atoms. The summed E-state index contributed by atoms with van der Waals surface area (Å²) < 4.78 is 5.78. The Hall–Kier alpha value is -2.72. The fourth-order valence-corrected chi connectivity index (χ4v) is 3.72. The zero-order valence-electron chi connectivity index (χ0n) is 16.2. The molecular formula is C24H25NO2S. The van der Waals surface area contributed by atoms with Crippen LogP contribution in [-0.2, 0) is 5.75 Å². The molecule has 0 unspecified atom stereocenters. The Bertz CT molecular complexity index is 894. The van der Waals surface area contributed by atoms with Crippen molar-refractivity contribution in [2.75, 3.05) is 6.61 Å². The number of amides is 1. The van der Waals surface area contributed by atoms with Crippen molar-refractivity contribution in [2.24, 2.45) is 0 Å². The summed E-state index contributed by atoms with van der Waals surface area (Å²) in [6, 6.07) is 25.8. The maximum atomic E-state index is 12.8. The monoisotopic (exact) mass is 391 g/mol. The summed E-state index contributed by atoms with van der Waals surface area (Å²) in [4.78, 5) is 13.7. The molecule has 0 aliphatic heterocycles. The zero-order chi connectivity index (χ0) is 19.8. The number of thioether (sulfide) groups is 1. The van der Waals surface area contributed by atoms with Crippen LogP contribution in [0.1, 0.15) is 28.4 Å². The second kappa shape index (κ2) is 10.00. The molecule has 0 bridgehead atoms. The summed E-state index contributed by atoms with van der Waals surface area (Å²) in [7, 11) is 0. The van der Waals surface area contributed by atoms with Gasteiger partial charge in [0.15, 0.2) is 0 Å². The van der Waals surface area contributed by atoms with Gasteiger partial charge in [-0.25, -0.2) is 0 Å². The fourth-order valence-electron chi connectivity index (χ4n) is 2.71. The summed E-state index contributed by atoms with van der Waals surface area (Å²) in [6.07, 6.45) is 0. The second-order valence-corrected chi connectivity index (χ2v) is 7.79. The summed E-state index contributed by atoms with van der Waals surface area (Å²) in [6.45, 7) is 4.42. The molecule has 144 valence electrons. The van der Waals surface area contributed by atoms with Crippen molar-refractivity contribution >= 4 is 17.7 Å². The van der Waals surface area contributed by atoms with Gasteiger partial charge in [0.25, 0.3) is 5.91 Å². The lowest BCUT2D eigenvalue weighted by molar-refractivity contribution is 0.0923. The first-order chi connectivity index (χ1) is 13.6. The van der Waals surface area contributed by atoms with Gasteiger partial charge < -0.3 is 10.1 Å². The molecule has 1 amide bonds. The Morgan fingerprint density at radius 1 is 0.964 bits per heavy atom. The van der Waals surface area contributed by atoms with Crippen molar-refractivity contribution < 1.29 is 9.53 Å². The topological polar surface area (TPSA) is 38.3 Å². The van der Waals surface area contributed by atoms with Gasteiger partial charge in [-0.15, -0.1) is 11.8 Å². The van der Waals surface area contributed by atoms with Crippen LogP contribution >= 0.6 is 11.8 Å². The van der Waals surface area contributed by atoms with Crippen molar-refractivity contribution in [3.05, 3.63) is 95.6 Å². The standard InChI is InChI=1S/C24H25NO2S/c1-18-12-14-21(15-13-18)27-16-19(2)25-24(26)22-10-6-7-11-23(22)28-17-20-8-4-3-5-9-20/h3-15,19H,16-17H2,1-2H3,(H,25,26)/t19-/m1/s1. The number of hydrogen-bond acceptors (Lipinski definition) is 3. The predicted molar refractivity (Wildman–Crippen MR) is 116 cm³/mol. The molecule has 28 heavy (non-hydrogen) atoms. The van der Waals surface area contributed by atoms with Crippen LogP contribution in [0.25, 0.3) is 0 Å². The molecule has 0 aliphatic carbocycles. The molecule has 0 saturated carbocycles. The van der Waals surface area contributed by atoms with Crippen LogP contribution in [-0.4, -0.2) is 18.6 Å². The van der Waals surface area contributed by atoms with E-state index >= 15 is 0 Å². The molecular weight excluding hydrogens is 366 g/mol. The number of nitrogens with one attached hydrogen (secondary N) is 1.